The molecule has 0 fully saturated rings. The van der Waals surface area contributed by atoms with Gasteiger partial charge < -0.3 is 9.15 Å². The Kier molecular flexibility index (Phi) is 4.47. The molecule has 0 saturated carbocycles. The number of hydrogen-bond acceptors (Lipinski definition) is 7. The van der Waals surface area contributed by atoms with Crippen LogP contribution in [0.5, 0.6) is 0 Å². The van der Waals surface area contributed by atoms with Gasteiger partial charge in [0.2, 0.25) is 15.9 Å². The second-order valence-corrected chi connectivity index (χ2v) is 7.28. The summed E-state index contributed by atoms with van der Waals surface area (Å²) >= 11 is 1.49. The molecule has 0 saturated heterocycles. The van der Waals surface area contributed by atoms with Crippen molar-refractivity contribution in [3.8, 4) is 10.8 Å². The zero-order valence-electron chi connectivity index (χ0n) is 12.2. The molecule has 0 bridgehead atoms. The van der Waals surface area contributed by atoms with Crippen LogP contribution in [0.1, 0.15) is 16.1 Å². The van der Waals surface area contributed by atoms with Crippen molar-refractivity contribution in [1.29, 1.82) is 0 Å². The Morgan fingerprint density at radius 2 is 2.00 bits per heavy atom. The summed E-state index contributed by atoms with van der Waals surface area (Å²) in [6.45, 7) is -0.0509. The van der Waals surface area contributed by atoms with Gasteiger partial charge in [0.15, 0.2) is 0 Å². The van der Waals surface area contributed by atoms with Gasteiger partial charge in [0.1, 0.15) is 18.6 Å². The first-order valence-electron chi connectivity index (χ1n) is 6.72. The molecular weight excluding hydrogens is 352 g/mol. The molecule has 124 valence electrons. The summed E-state index contributed by atoms with van der Waals surface area (Å²) in [5.41, 5.74) is 0.692. The van der Waals surface area contributed by atoms with Crippen molar-refractivity contribution < 1.29 is 22.4 Å². The SMILES string of the molecule is NS(=O)(=O)c1ccc(C(=O)OCc2coc(-c3cccs3)n2)cc1. The average molecular weight is 364 g/mol. The number of primary sulfonamides is 1. The molecule has 0 aliphatic rings. The van der Waals surface area contributed by atoms with E-state index in [1.54, 1.807) is 0 Å². The Morgan fingerprint density at radius 3 is 2.62 bits per heavy atom. The van der Waals surface area contributed by atoms with Gasteiger partial charge in [-0.05, 0) is 35.7 Å². The van der Waals surface area contributed by atoms with Crippen molar-refractivity contribution in [1.82, 2.24) is 4.98 Å². The molecule has 2 heterocycles. The zero-order valence-corrected chi connectivity index (χ0v) is 13.8. The summed E-state index contributed by atoms with van der Waals surface area (Å²) in [5.74, 6) is -0.134. The van der Waals surface area contributed by atoms with Crippen LogP contribution in [-0.2, 0) is 21.4 Å². The molecule has 7 nitrogen and oxygen atoms in total. The molecule has 0 aliphatic carbocycles. The van der Waals surface area contributed by atoms with E-state index < -0.39 is 16.0 Å². The molecule has 1 aromatic carbocycles. The highest BCUT2D eigenvalue weighted by molar-refractivity contribution is 7.89. The van der Waals surface area contributed by atoms with Crippen LogP contribution in [-0.4, -0.2) is 19.4 Å². The van der Waals surface area contributed by atoms with Gasteiger partial charge in [-0.25, -0.2) is 23.3 Å². The summed E-state index contributed by atoms with van der Waals surface area (Å²) in [5, 5.41) is 6.91. The minimum atomic E-state index is -3.79. The van der Waals surface area contributed by atoms with Crippen LogP contribution in [0.4, 0.5) is 0 Å². The number of thiophene rings is 1. The van der Waals surface area contributed by atoms with Gasteiger partial charge in [0.25, 0.3) is 0 Å². The fourth-order valence-corrected chi connectivity index (χ4v) is 3.06. The molecule has 3 aromatic rings. The molecule has 0 spiro atoms. The molecule has 0 unspecified atom stereocenters. The maximum atomic E-state index is 12.0. The standard InChI is InChI=1S/C15H12N2O5S2/c16-24(19,20)12-5-3-10(4-6-12)15(18)22-9-11-8-21-14(17-11)13-2-1-7-23-13/h1-8H,9H2,(H2,16,19,20). The summed E-state index contributed by atoms with van der Waals surface area (Å²) < 4.78 is 32.8. The summed E-state index contributed by atoms with van der Waals surface area (Å²) in [6, 6.07) is 8.92. The van der Waals surface area contributed by atoms with Crippen molar-refractivity contribution in [2.75, 3.05) is 0 Å². The quantitative estimate of drug-likeness (QED) is 0.696. The number of oxazole rings is 1. The predicted octanol–water partition coefficient (Wildman–Crippen LogP) is 2.41. The number of ether oxygens (including phenoxy) is 1. The monoisotopic (exact) mass is 364 g/mol. The number of hydrogen-bond donors (Lipinski definition) is 1. The highest BCUT2D eigenvalue weighted by Gasteiger charge is 2.13. The van der Waals surface area contributed by atoms with E-state index >= 15 is 0 Å². The molecule has 9 heteroatoms. The largest absolute Gasteiger partial charge is 0.455 e. The van der Waals surface area contributed by atoms with Gasteiger partial charge in [-0.3, -0.25) is 0 Å². The fourth-order valence-electron chi connectivity index (χ4n) is 1.89. The number of benzene rings is 1. The van der Waals surface area contributed by atoms with Gasteiger partial charge in [-0.2, -0.15) is 0 Å². The third-order valence-corrected chi connectivity index (χ3v) is 4.84. The Balaban J connectivity index is 1.63. The second kappa shape index (κ2) is 6.56. The molecule has 2 N–H and O–H groups in total. The average Bonchev–Trinajstić information content (AvgIpc) is 3.23. The van der Waals surface area contributed by atoms with E-state index in [1.165, 1.54) is 41.9 Å². The first kappa shape index (κ1) is 16.4. The highest BCUT2D eigenvalue weighted by atomic mass is 32.2. The van der Waals surface area contributed by atoms with Crippen LogP contribution < -0.4 is 5.14 Å². The maximum absolute atomic E-state index is 12.0. The van der Waals surface area contributed by atoms with Crippen molar-refractivity contribution in [2.24, 2.45) is 5.14 Å². The van der Waals surface area contributed by atoms with Crippen molar-refractivity contribution in [3.05, 3.63) is 59.3 Å². The van der Waals surface area contributed by atoms with E-state index in [9.17, 15) is 13.2 Å². The van der Waals surface area contributed by atoms with Gasteiger partial charge >= 0.3 is 5.97 Å². The third kappa shape index (κ3) is 3.70. The third-order valence-electron chi connectivity index (χ3n) is 3.05. The minimum Gasteiger partial charge on any atom is -0.455 e. The second-order valence-electron chi connectivity index (χ2n) is 4.77. The number of esters is 1. The first-order chi connectivity index (χ1) is 11.4. The number of nitrogens with two attached hydrogens (primary N) is 1. The van der Waals surface area contributed by atoms with Crippen molar-refractivity contribution >= 4 is 27.3 Å². The number of carbonyl (C=O) groups excluding carboxylic acids is 1. The van der Waals surface area contributed by atoms with E-state index in [1.807, 2.05) is 17.5 Å². The highest BCUT2D eigenvalue weighted by Crippen LogP contribution is 2.23. The molecular formula is C15H12N2O5S2. The van der Waals surface area contributed by atoms with Gasteiger partial charge in [-0.1, -0.05) is 6.07 Å². The molecule has 0 amide bonds. The topological polar surface area (TPSA) is 112 Å². The van der Waals surface area contributed by atoms with E-state index in [0.29, 0.717) is 11.6 Å². The normalized spacial score (nSPS) is 11.4. The van der Waals surface area contributed by atoms with Gasteiger partial charge in [0, 0.05) is 0 Å². The fraction of sp³-hybridized carbons (Fsp3) is 0.0667. The van der Waals surface area contributed by atoms with Crippen LogP contribution >= 0.6 is 11.3 Å². The Hall–Kier alpha value is -2.49. The maximum Gasteiger partial charge on any atom is 0.338 e. The molecule has 0 atom stereocenters. The van der Waals surface area contributed by atoms with E-state index in [4.69, 9.17) is 14.3 Å². The summed E-state index contributed by atoms with van der Waals surface area (Å²) in [6.07, 6.45) is 1.42. The van der Waals surface area contributed by atoms with Crippen LogP contribution in [0.15, 0.2) is 57.4 Å². The Bertz CT molecular complexity index is 944. The van der Waals surface area contributed by atoms with Crippen LogP contribution in [0.25, 0.3) is 10.8 Å². The van der Waals surface area contributed by atoms with Crippen LogP contribution in [0, 0.1) is 0 Å². The van der Waals surface area contributed by atoms with E-state index in [2.05, 4.69) is 4.98 Å². The van der Waals surface area contributed by atoms with Crippen LogP contribution in [0.2, 0.25) is 0 Å². The predicted molar refractivity (Wildman–Crippen MR) is 86.8 cm³/mol. The molecule has 24 heavy (non-hydrogen) atoms. The van der Waals surface area contributed by atoms with E-state index in [0.717, 1.165) is 4.88 Å². The lowest BCUT2D eigenvalue weighted by Crippen LogP contribution is -2.12. The molecule has 2 aromatic heterocycles. The smallest absolute Gasteiger partial charge is 0.338 e. The lowest BCUT2D eigenvalue weighted by molar-refractivity contribution is 0.0467. The molecule has 0 radical (unpaired) electrons. The number of rotatable bonds is 5. The number of aromatic nitrogens is 1. The molecule has 3 rings (SSSR count). The number of nitrogens with zero attached hydrogens (tertiary/aromatic N) is 1. The van der Waals surface area contributed by atoms with Gasteiger partial charge in [0.05, 0.1) is 15.3 Å². The first-order valence-corrected chi connectivity index (χ1v) is 9.14. The Morgan fingerprint density at radius 1 is 1.25 bits per heavy atom. The molecule has 0 aliphatic heterocycles. The zero-order chi connectivity index (χ0) is 17.2. The van der Waals surface area contributed by atoms with Gasteiger partial charge in [-0.15, -0.1) is 11.3 Å². The van der Waals surface area contributed by atoms with E-state index in [-0.39, 0.29) is 17.1 Å². The Labute approximate surface area is 141 Å². The lowest BCUT2D eigenvalue weighted by Gasteiger charge is -2.03. The van der Waals surface area contributed by atoms with Crippen molar-refractivity contribution in [2.45, 2.75) is 11.5 Å². The number of carbonyl (C=O) groups is 1. The van der Waals surface area contributed by atoms with Crippen molar-refractivity contribution in [3.63, 3.8) is 0 Å². The summed E-state index contributed by atoms with van der Waals surface area (Å²) in [7, 11) is -3.79. The van der Waals surface area contributed by atoms with Crippen LogP contribution in [0.3, 0.4) is 0 Å². The minimum absolute atomic E-state index is 0.0509. The summed E-state index contributed by atoms with van der Waals surface area (Å²) in [4.78, 5) is 17.0. The number of sulfonamides is 1. The lowest BCUT2D eigenvalue weighted by atomic mass is 10.2.